The summed E-state index contributed by atoms with van der Waals surface area (Å²) in [6.45, 7) is 7.07. The van der Waals surface area contributed by atoms with E-state index in [-0.39, 0.29) is 11.5 Å². The minimum atomic E-state index is -0.407. The Morgan fingerprint density at radius 1 is 1.07 bits per heavy atom. The van der Waals surface area contributed by atoms with E-state index in [0.29, 0.717) is 37.1 Å². The van der Waals surface area contributed by atoms with E-state index in [2.05, 4.69) is 11.1 Å². The number of carbonyl (C=O) groups is 1. The number of fused-ring (bicyclic) bond motifs is 1. The second-order valence-electron chi connectivity index (χ2n) is 7.40. The topological polar surface area (TPSA) is 82.1 Å². The molecular formula is C21H27N5O3. The third-order valence-corrected chi connectivity index (χ3v) is 5.14. The molecule has 0 atom stereocenters. The Kier molecular flexibility index (Phi) is 5.72. The molecular weight excluding hydrogens is 370 g/mol. The minimum absolute atomic E-state index is 0.0437. The highest BCUT2D eigenvalue weighted by molar-refractivity contribution is 5.93. The Morgan fingerprint density at radius 3 is 2.34 bits per heavy atom. The number of hydrogen-bond donors (Lipinski definition) is 0. The third-order valence-electron chi connectivity index (χ3n) is 5.14. The van der Waals surface area contributed by atoms with Crippen molar-refractivity contribution >= 4 is 22.8 Å². The van der Waals surface area contributed by atoms with Crippen LogP contribution in [0.3, 0.4) is 0 Å². The number of hydrogen-bond acceptors (Lipinski definition) is 4. The Bertz CT molecular complexity index is 1170. The summed E-state index contributed by atoms with van der Waals surface area (Å²) >= 11 is 0. The van der Waals surface area contributed by atoms with Gasteiger partial charge in [0.15, 0.2) is 11.2 Å². The summed E-state index contributed by atoms with van der Waals surface area (Å²) in [5, 5.41) is 0. The first kappa shape index (κ1) is 20.6. The third kappa shape index (κ3) is 3.87. The summed E-state index contributed by atoms with van der Waals surface area (Å²) in [6, 6.07) is 6.11. The van der Waals surface area contributed by atoms with E-state index < -0.39 is 5.69 Å². The summed E-state index contributed by atoms with van der Waals surface area (Å²) in [6.07, 6.45) is 2.47. The number of aromatic nitrogens is 4. The number of imidazole rings is 1. The molecule has 0 radical (unpaired) electrons. The van der Waals surface area contributed by atoms with Crippen LogP contribution in [0.1, 0.15) is 30.9 Å². The predicted octanol–water partition coefficient (Wildman–Crippen LogP) is 1.88. The monoisotopic (exact) mass is 397 g/mol. The second kappa shape index (κ2) is 8.06. The van der Waals surface area contributed by atoms with Gasteiger partial charge in [0, 0.05) is 39.3 Å². The maximum atomic E-state index is 12.8. The Hall–Kier alpha value is -3.16. The van der Waals surface area contributed by atoms with Crippen LogP contribution in [-0.4, -0.2) is 31.1 Å². The van der Waals surface area contributed by atoms with E-state index in [1.165, 1.54) is 11.6 Å². The Morgan fingerprint density at radius 2 is 1.72 bits per heavy atom. The highest BCUT2D eigenvalue weighted by Crippen LogP contribution is 2.20. The van der Waals surface area contributed by atoms with Gasteiger partial charge >= 0.3 is 5.69 Å². The van der Waals surface area contributed by atoms with Gasteiger partial charge in [0.05, 0.1) is 6.33 Å². The number of amides is 1. The van der Waals surface area contributed by atoms with Crippen molar-refractivity contribution in [3.8, 4) is 0 Å². The van der Waals surface area contributed by atoms with Crippen LogP contribution in [0, 0.1) is 13.8 Å². The fourth-order valence-electron chi connectivity index (χ4n) is 3.71. The van der Waals surface area contributed by atoms with Gasteiger partial charge in [0.2, 0.25) is 5.91 Å². The van der Waals surface area contributed by atoms with Crippen molar-refractivity contribution in [1.29, 1.82) is 0 Å². The van der Waals surface area contributed by atoms with Crippen molar-refractivity contribution in [3.63, 3.8) is 0 Å². The molecule has 8 nitrogen and oxygen atoms in total. The molecule has 0 bridgehead atoms. The van der Waals surface area contributed by atoms with E-state index in [0.717, 1.165) is 21.4 Å². The summed E-state index contributed by atoms with van der Waals surface area (Å²) in [5.41, 5.74) is 3.10. The summed E-state index contributed by atoms with van der Waals surface area (Å²) in [7, 11) is 3.04. The zero-order valence-electron chi connectivity index (χ0n) is 17.6. The van der Waals surface area contributed by atoms with Crippen LogP contribution < -0.4 is 16.1 Å². The lowest BCUT2D eigenvalue weighted by molar-refractivity contribution is -0.118. The number of nitrogens with zero attached hydrogens (tertiary/aromatic N) is 5. The van der Waals surface area contributed by atoms with Gasteiger partial charge in [-0.15, -0.1) is 0 Å². The van der Waals surface area contributed by atoms with Gasteiger partial charge in [-0.3, -0.25) is 18.7 Å². The second-order valence-corrected chi connectivity index (χ2v) is 7.40. The molecule has 154 valence electrons. The average Bonchev–Trinajstić information content (AvgIpc) is 3.08. The summed E-state index contributed by atoms with van der Waals surface area (Å²) < 4.78 is 4.15. The molecule has 2 aromatic heterocycles. The lowest BCUT2D eigenvalue weighted by Crippen LogP contribution is -2.37. The van der Waals surface area contributed by atoms with Crippen LogP contribution in [0.4, 0.5) is 5.69 Å². The van der Waals surface area contributed by atoms with Gasteiger partial charge in [-0.1, -0.05) is 6.07 Å². The molecule has 3 rings (SSSR count). The molecule has 3 aromatic rings. The summed E-state index contributed by atoms with van der Waals surface area (Å²) in [5.74, 6) is 0.0437. The lowest BCUT2D eigenvalue weighted by atomic mass is 10.1. The molecule has 29 heavy (non-hydrogen) atoms. The Labute approximate surface area is 169 Å². The fraction of sp³-hybridized carbons (Fsp3) is 0.429. The average molecular weight is 397 g/mol. The maximum absolute atomic E-state index is 12.8. The van der Waals surface area contributed by atoms with E-state index in [1.54, 1.807) is 22.8 Å². The molecule has 0 aliphatic heterocycles. The molecule has 0 aliphatic carbocycles. The first-order chi connectivity index (χ1) is 13.7. The SMILES string of the molecule is CCN(C(=O)CCCn1cnc2c1c(=O)n(C)c(=O)n2C)c1cc(C)cc(C)c1. The normalized spacial score (nSPS) is 11.2. The number of carbonyl (C=O) groups excluding carboxylic acids is 1. The van der Waals surface area contributed by atoms with Crippen LogP contribution >= 0.6 is 0 Å². The Balaban J connectivity index is 1.76. The quantitative estimate of drug-likeness (QED) is 0.636. The van der Waals surface area contributed by atoms with Crippen molar-refractivity contribution in [2.24, 2.45) is 14.1 Å². The van der Waals surface area contributed by atoms with E-state index >= 15 is 0 Å². The molecule has 1 aromatic carbocycles. The fourth-order valence-corrected chi connectivity index (χ4v) is 3.71. The van der Waals surface area contributed by atoms with Crippen molar-refractivity contribution in [2.75, 3.05) is 11.4 Å². The van der Waals surface area contributed by atoms with Gasteiger partial charge in [0.25, 0.3) is 5.56 Å². The van der Waals surface area contributed by atoms with Crippen LogP contribution in [-0.2, 0) is 25.4 Å². The lowest BCUT2D eigenvalue weighted by Gasteiger charge is -2.22. The van der Waals surface area contributed by atoms with Gasteiger partial charge in [-0.2, -0.15) is 0 Å². The molecule has 2 heterocycles. The molecule has 0 N–H and O–H groups in total. The summed E-state index contributed by atoms with van der Waals surface area (Å²) in [4.78, 5) is 43.3. The molecule has 1 amide bonds. The predicted molar refractivity (Wildman–Crippen MR) is 113 cm³/mol. The van der Waals surface area contributed by atoms with Crippen LogP contribution in [0.25, 0.3) is 11.2 Å². The zero-order valence-corrected chi connectivity index (χ0v) is 17.6. The number of aryl methyl sites for hydroxylation is 4. The van der Waals surface area contributed by atoms with Crippen molar-refractivity contribution < 1.29 is 4.79 Å². The highest BCUT2D eigenvalue weighted by Gasteiger charge is 2.16. The minimum Gasteiger partial charge on any atom is -0.325 e. The van der Waals surface area contributed by atoms with Crippen LogP contribution in [0.5, 0.6) is 0 Å². The number of benzene rings is 1. The van der Waals surface area contributed by atoms with Crippen molar-refractivity contribution in [1.82, 2.24) is 18.7 Å². The molecule has 0 fully saturated rings. The van der Waals surface area contributed by atoms with Gasteiger partial charge < -0.3 is 9.47 Å². The number of rotatable bonds is 6. The smallest absolute Gasteiger partial charge is 0.325 e. The van der Waals surface area contributed by atoms with Crippen LogP contribution in [0.2, 0.25) is 0 Å². The zero-order chi connectivity index (χ0) is 21.3. The van der Waals surface area contributed by atoms with E-state index in [4.69, 9.17) is 0 Å². The van der Waals surface area contributed by atoms with E-state index in [9.17, 15) is 14.4 Å². The first-order valence-corrected chi connectivity index (χ1v) is 9.74. The van der Waals surface area contributed by atoms with E-state index in [1.807, 2.05) is 32.9 Å². The molecule has 0 spiro atoms. The molecule has 0 aliphatic rings. The van der Waals surface area contributed by atoms with Crippen molar-refractivity contribution in [2.45, 2.75) is 40.2 Å². The highest BCUT2D eigenvalue weighted by atomic mass is 16.2. The molecule has 0 saturated carbocycles. The van der Waals surface area contributed by atoms with Crippen LogP contribution in [0.15, 0.2) is 34.1 Å². The standard InChI is InChI=1S/C21H27N5O3/c1-6-26(16-11-14(2)10-15(3)12-16)17(27)8-7-9-25-13-22-19-18(25)20(28)24(5)21(29)23(19)4/h10-13H,6-9H2,1-5H3. The molecule has 0 saturated heterocycles. The van der Waals surface area contributed by atoms with Gasteiger partial charge in [-0.25, -0.2) is 9.78 Å². The van der Waals surface area contributed by atoms with Gasteiger partial charge in [-0.05, 0) is 50.5 Å². The molecule has 0 unspecified atom stereocenters. The largest absolute Gasteiger partial charge is 0.332 e. The first-order valence-electron chi connectivity index (χ1n) is 9.74. The van der Waals surface area contributed by atoms with Crippen molar-refractivity contribution in [3.05, 3.63) is 56.5 Å². The van der Waals surface area contributed by atoms with Gasteiger partial charge in [0.1, 0.15) is 0 Å². The molecule has 8 heteroatoms. The maximum Gasteiger partial charge on any atom is 0.332 e. The number of anilines is 1.